The fraction of sp³-hybridized carbons (Fsp3) is 0.619. The number of hydrogen-bond acceptors (Lipinski definition) is 4. The number of carbonyl (C=O) groups excluding carboxylic acids is 2. The molecule has 3 aliphatic rings. The van der Waals surface area contributed by atoms with Gasteiger partial charge in [0, 0.05) is 32.1 Å². The molecule has 4 rings (SSSR count). The Kier molecular flexibility index (Phi) is 5.50. The molecular weight excluding hydrogens is 344 g/mol. The third-order valence-corrected chi connectivity index (χ3v) is 5.86. The van der Waals surface area contributed by atoms with Crippen molar-refractivity contribution < 1.29 is 19.1 Å². The molecule has 1 aromatic carbocycles. The Bertz CT molecular complexity index is 691. The molecule has 0 bridgehead atoms. The van der Waals surface area contributed by atoms with Crippen LogP contribution < -0.4 is 9.47 Å². The first-order chi connectivity index (χ1) is 13.2. The van der Waals surface area contributed by atoms with E-state index in [9.17, 15) is 9.59 Å². The number of rotatable bonds is 3. The minimum absolute atomic E-state index is 0.108. The van der Waals surface area contributed by atoms with Crippen LogP contribution in [0.5, 0.6) is 11.5 Å². The Labute approximate surface area is 160 Å². The van der Waals surface area contributed by atoms with E-state index in [1.54, 1.807) is 0 Å². The molecular formula is C21H28N2O4. The first kappa shape index (κ1) is 18.1. The Morgan fingerprint density at radius 3 is 2.30 bits per heavy atom. The van der Waals surface area contributed by atoms with Crippen molar-refractivity contribution in [2.75, 3.05) is 39.4 Å². The molecule has 0 N–H and O–H groups in total. The second-order valence-corrected chi connectivity index (χ2v) is 7.70. The minimum atomic E-state index is 0.108. The van der Waals surface area contributed by atoms with E-state index in [-0.39, 0.29) is 11.8 Å². The van der Waals surface area contributed by atoms with Crippen LogP contribution in [0.2, 0.25) is 0 Å². The SMILES string of the molecule is O=C(Cc1ccc2c(c1)OCCO2)N1CCN(C(=O)C2CCCCC2)CC1. The number of amides is 2. The van der Waals surface area contributed by atoms with E-state index in [0.29, 0.717) is 51.7 Å². The highest BCUT2D eigenvalue weighted by Gasteiger charge is 2.29. The molecule has 1 aliphatic carbocycles. The van der Waals surface area contributed by atoms with Crippen molar-refractivity contribution >= 4 is 11.8 Å². The summed E-state index contributed by atoms with van der Waals surface area (Å²) in [7, 11) is 0. The van der Waals surface area contributed by atoms with Gasteiger partial charge in [-0.25, -0.2) is 0 Å². The van der Waals surface area contributed by atoms with E-state index in [0.717, 1.165) is 29.9 Å². The van der Waals surface area contributed by atoms with Gasteiger partial charge in [0.1, 0.15) is 13.2 Å². The molecule has 2 heterocycles. The summed E-state index contributed by atoms with van der Waals surface area (Å²) in [5.74, 6) is 2.07. The van der Waals surface area contributed by atoms with Crippen LogP contribution in [0.1, 0.15) is 37.7 Å². The highest BCUT2D eigenvalue weighted by atomic mass is 16.6. The maximum absolute atomic E-state index is 12.7. The summed E-state index contributed by atoms with van der Waals surface area (Å²) in [5.41, 5.74) is 0.935. The van der Waals surface area contributed by atoms with Crippen LogP contribution in [0.15, 0.2) is 18.2 Å². The molecule has 2 aliphatic heterocycles. The monoisotopic (exact) mass is 372 g/mol. The minimum Gasteiger partial charge on any atom is -0.486 e. The third kappa shape index (κ3) is 4.20. The molecule has 0 spiro atoms. The van der Waals surface area contributed by atoms with Gasteiger partial charge in [-0.1, -0.05) is 25.3 Å². The Morgan fingerprint density at radius 2 is 1.56 bits per heavy atom. The first-order valence-electron chi connectivity index (χ1n) is 10.2. The van der Waals surface area contributed by atoms with Gasteiger partial charge in [-0.3, -0.25) is 9.59 Å². The smallest absolute Gasteiger partial charge is 0.227 e. The van der Waals surface area contributed by atoms with Crippen LogP contribution in [-0.4, -0.2) is 61.0 Å². The molecule has 0 radical (unpaired) electrons. The van der Waals surface area contributed by atoms with Gasteiger partial charge in [-0.05, 0) is 30.5 Å². The van der Waals surface area contributed by atoms with Crippen LogP contribution in [0.25, 0.3) is 0 Å². The maximum atomic E-state index is 12.7. The number of ether oxygens (including phenoxy) is 2. The zero-order chi connectivity index (χ0) is 18.6. The number of fused-ring (bicyclic) bond motifs is 1. The third-order valence-electron chi connectivity index (χ3n) is 5.86. The summed E-state index contributed by atoms with van der Waals surface area (Å²) < 4.78 is 11.1. The molecule has 1 aromatic rings. The fourth-order valence-corrected chi connectivity index (χ4v) is 4.27. The van der Waals surface area contributed by atoms with E-state index in [1.165, 1.54) is 19.3 Å². The summed E-state index contributed by atoms with van der Waals surface area (Å²) in [6, 6.07) is 5.70. The lowest BCUT2D eigenvalue weighted by atomic mass is 9.88. The first-order valence-corrected chi connectivity index (χ1v) is 10.2. The summed E-state index contributed by atoms with van der Waals surface area (Å²) in [5, 5.41) is 0. The van der Waals surface area contributed by atoms with Crippen molar-refractivity contribution in [3.05, 3.63) is 23.8 Å². The topological polar surface area (TPSA) is 59.1 Å². The molecule has 27 heavy (non-hydrogen) atoms. The standard InChI is InChI=1S/C21H28N2O4/c24-20(15-16-6-7-18-19(14-16)27-13-12-26-18)22-8-10-23(11-9-22)21(25)17-4-2-1-3-5-17/h6-7,14,17H,1-5,8-13,15H2. The molecule has 0 aromatic heterocycles. The molecule has 6 nitrogen and oxygen atoms in total. The van der Waals surface area contributed by atoms with Gasteiger partial charge < -0.3 is 19.3 Å². The summed E-state index contributed by atoms with van der Waals surface area (Å²) >= 11 is 0. The van der Waals surface area contributed by atoms with Crippen molar-refractivity contribution in [2.45, 2.75) is 38.5 Å². The fourth-order valence-electron chi connectivity index (χ4n) is 4.27. The van der Waals surface area contributed by atoms with E-state index in [2.05, 4.69) is 0 Å². The average molecular weight is 372 g/mol. The predicted octanol–water partition coefficient (Wildman–Crippen LogP) is 2.25. The number of hydrogen-bond donors (Lipinski definition) is 0. The lowest BCUT2D eigenvalue weighted by Crippen LogP contribution is -2.52. The van der Waals surface area contributed by atoms with E-state index in [4.69, 9.17) is 9.47 Å². The molecule has 1 saturated heterocycles. The summed E-state index contributed by atoms with van der Waals surface area (Å²) in [6.07, 6.45) is 6.01. The zero-order valence-electron chi connectivity index (χ0n) is 15.8. The van der Waals surface area contributed by atoms with Gasteiger partial charge in [0.25, 0.3) is 0 Å². The summed E-state index contributed by atoms with van der Waals surface area (Å²) in [4.78, 5) is 29.2. The van der Waals surface area contributed by atoms with Crippen molar-refractivity contribution in [3.8, 4) is 11.5 Å². The lowest BCUT2D eigenvalue weighted by Gasteiger charge is -2.37. The predicted molar refractivity (Wildman–Crippen MR) is 101 cm³/mol. The van der Waals surface area contributed by atoms with Crippen LogP contribution in [0, 0.1) is 5.92 Å². The van der Waals surface area contributed by atoms with Crippen LogP contribution in [-0.2, 0) is 16.0 Å². The van der Waals surface area contributed by atoms with Gasteiger partial charge in [-0.2, -0.15) is 0 Å². The number of benzene rings is 1. The summed E-state index contributed by atoms with van der Waals surface area (Å²) in [6.45, 7) is 3.67. The Morgan fingerprint density at radius 1 is 0.889 bits per heavy atom. The maximum Gasteiger partial charge on any atom is 0.227 e. The molecule has 1 saturated carbocycles. The van der Waals surface area contributed by atoms with Crippen molar-refractivity contribution in [1.29, 1.82) is 0 Å². The van der Waals surface area contributed by atoms with Gasteiger partial charge in [0.15, 0.2) is 11.5 Å². The highest BCUT2D eigenvalue weighted by molar-refractivity contribution is 5.81. The van der Waals surface area contributed by atoms with Gasteiger partial charge in [0.2, 0.25) is 11.8 Å². The van der Waals surface area contributed by atoms with Crippen molar-refractivity contribution in [2.24, 2.45) is 5.92 Å². The van der Waals surface area contributed by atoms with Gasteiger partial charge >= 0.3 is 0 Å². The Hall–Kier alpha value is -2.24. The largest absolute Gasteiger partial charge is 0.486 e. The van der Waals surface area contributed by atoms with Gasteiger partial charge in [-0.15, -0.1) is 0 Å². The second-order valence-electron chi connectivity index (χ2n) is 7.70. The quantitative estimate of drug-likeness (QED) is 0.817. The molecule has 0 unspecified atom stereocenters. The normalized spacial score (nSPS) is 20.4. The lowest BCUT2D eigenvalue weighted by molar-refractivity contribution is -0.142. The van der Waals surface area contributed by atoms with Crippen LogP contribution in [0.3, 0.4) is 0 Å². The second kappa shape index (κ2) is 8.19. The molecule has 6 heteroatoms. The highest BCUT2D eigenvalue weighted by Crippen LogP contribution is 2.31. The molecule has 2 amide bonds. The number of carbonyl (C=O) groups is 2. The van der Waals surface area contributed by atoms with Crippen molar-refractivity contribution in [1.82, 2.24) is 9.80 Å². The molecule has 2 fully saturated rings. The van der Waals surface area contributed by atoms with E-state index < -0.39 is 0 Å². The van der Waals surface area contributed by atoms with Crippen molar-refractivity contribution in [3.63, 3.8) is 0 Å². The number of nitrogens with zero attached hydrogens (tertiary/aromatic N) is 2. The van der Waals surface area contributed by atoms with E-state index in [1.807, 2.05) is 28.0 Å². The Balaban J connectivity index is 1.29. The van der Waals surface area contributed by atoms with E-state index >= 15 is 0 Å². The average Bonchev–Trinajstić information content (AvgIpc) is 2.74. The van der Waals surface area contributed by atoms with Gasteiger partial charge in [0.05, 0.1) is 6.42 Å². The zero-order valence-corrected chi connectivity index (χ0v) is 15.8. The number of piperazine rings is 1. The molecule has 0 atom stereocenters. The molecule has 146 valence electrons. The van der Waals surface area contributed by atoms with Crippen LogP contribution in [0.4, 0.5) is 0 Å². The van der Waals surface area contributed by atoms with Crippen LogP contribution >= 0.6 is 0 Å².